The van der Waals surface area contributed by atoms with Crippen LogP contribution in [0.4, 0.5) is 5.13 Å². The predicted molar refractivity (Wildman–Crippen MR) is 88.7 cm³/mol. The number of nitrogens with zero attached hydrogens (tertiary/aromatic N) is 2. The molecular weight excluding hydrogens is 316 g/mol. The smallest absolute Gasteiger partial charge is 0.277 e. The minimum atomic E-state index is -0.216. The maximum absolute atomic E-state index is 12.2. The molecule has 0 bridgehead atoms. The fourth-order valence-electron chi connectivity index (χ4n) is 2.23. The lowest BCUT2D eigenvalue weighted by Gasteiger charge is -1.96. The first-order valence-corrected chi connectivity index (χ1v) is 8.77. The van der Waals surface area contributed by atoms with Gasteiger partial charge in [0.1, 0.15) is 0 Å². The molecule has 1 aliphatic rings. The molecule has 3 aromatic heterocycles. The van der Waals surface area contributed by atoms with Crippen LogP contribution in [0.2, 0.25) is 0 Å². The van der Waals surface area contributed by atoms with Crippen molar-refractivity contribution in [2.24, 2.45) is 0 Å². The van der Waals surface area contributed by atoms with Crippen LogP contribution < -0.4 is 5.32 Å². The summed E-state index contributed by atoms with van der Waals surface area (Å²) in [6, 6.07) is 5.96. The molecule has 1 fully saturated rings. The Morgan fingerprint density at radius 3 is 3.00 bits per heavy atom. The van der Waals surface area contributed by atoms with Crippen LogP contribution in [0.15, 0.2) is 23.6 Å². The number of aryl methyl sites for hydroxylation is 1. The number of hydrogen-bond acceptors (Lipinski definition) is 5. The van der Waals surface area contributed by atoms with Crippen LogP contribution in [0.3, 0.4) is 0 Å². The van der Waals surface area contributed by atoms with Crippen molar-refractivity contribution in [2.75, 3.05) is 5.32 Å². The van der Waals surface area contributed by atoms with Crippen LogP contribution in [-0.2, 0) is 0 Å². The van der Waals surface area contributed by atoms with Gasteiger partial charge in [-0.3, -0.25) is 15.2 Å². The van der Waals surface area contributed by atoms with Crippen LogP contribution in [0.25, 0.3) is 10.6 Å². The molecular formula is C15H14N4OS2. The van der Waals surface area contributed by atoms with Gasteiger partial charge in [-0.2, -0.15) is 5.10 Å². The third kappa shape index (κ3) is 2.69. The van der Waals surface area contributed by atoms with E-state index in [0.717, 1.165) is 16.3 Å². The molecule has 3 aromatic rings. The number of carbonyl (C=O) groups excluding carboxylic acids is 1. The number of H-pyrrole nitrogens is 1. The molecule has 0 unspecified atom stereocenters. The number of nitrogens with one attached hydrogen (secondary N) is 2. The van der Waals surface area contributed by atoms with E-state index in [1.165, 1.54) is 29.1 Å². The molecule has 0 spiro atoms. The summed E-state index contributed by atoms with van der Waals surface area (Å²) in [6.07, 6.45) is 2.36. The molecule has 22 heavy (non-hydrogen) atoms. The summed E-state index contributed by atoms with van der Waals surface area (Å²) < 4.78 is 0. The van der Waals surface area contributed by atoms with Crippen molar-refractivity contribution in [2.45, 2.75) is 25.7 Å². The van der Waals surface area contributed by atoms with Crippen LogP contribution in [0.5, 0.6) is 0 Å². The lowest BCUT2D eigenvalue weighted by molar-refractivity contribution is 0.102. The summed E-state index contributed by atoms with van der Waals surface area (Å²) in [6.45, 7) is 2.07. The van der Waals surface area contributed by atoms with Crippen molar-refractivity contribution >= 4 is 33.7 Å². The van der Waals surface area contributed by atoms with E-state index in [9.17, 15) is 4.79 Å². The second kappa shape index (κ2) is 5.33. The Kier molecular flexibility index (Phi) is 3.31. The van der Waals surface area contributed by atoms with Gasteiger partial charge >= 0.3 is 0 Å². The fourth-order valence-corrected chi connectivity index (χ4v) is 3.84. The number of aromatic amines is 1. The van der Waals surface area contributed by atoms with Gasteiger partial charge < -0.3 is 0 Å². The molecule has 2 N–H and O–H groups in total. The minimum Gasteiger partial charge on any atom is -0.296 e. The summed E-state index contributed by atoms with van der Waals surface area (Å²) in [7, 11) is 0. The van der Waals surface area contributed by atoms with E-state index in [0.29, 0.717) is 16.7 Å². The largest absolute Gasteiger partial charge is 0.296 e. The standard InChI is InChI=1S/C15H14N4OS2/c1-8-2-5-13(22-8)12-7-21-15(16-12)17-14(20)11-6-10(18-19-11)9-3-4-9/h2,5-7,9H,3-4H2,1H3,(H,18,19)(H,16,17,20). The van der Waals surface area contributed by atoms with E-state index in [-0.39, 0.29) is 5.91 Å². The zero-order valence-corrected chi connectivity index (χ0v) is 13.6. The average molecular weight is 330 g/mol. The van der Waals surface area contributed by atoms with Gasteiger partial charge in [0, 0.05) is 21.9 Å². The zero-order chi connectivity index (χ0) is 15.1. The van der Waals surface area contributed by atoms with Crippen LogP contribution >= 0.6 is 22.7 Å². The molecule has 0 atom stereocenters. The van der Waals surface area contributed by atoms with Crippen molar-refractivity contribution in [3.8, 4) is 10.6 Å². The Labute approximate surface area is 135 Å². The van der Waals surface area contributed by atoms with Crippen LogP contribution in [-0.4, -0.2) is 21.1 Å². The molecule has 0 saturated heterocycles. The summed E-state index contributed by atoms with van der Waals surface area (Å²) in [5.74, 6) is 0.342. The highest BCUT2D eigenvalue weighted by Gasteiger charge is 2.26. The van der Waals surface area contributed by atoms with Gasteiger partial charge in [0.2, 0.25) is 0 Å². The molecule has 1 saturated carbocycles. The second-order valence-electron chi connectivity index (χ2n) is 5.39. The Morgan fingerprint density at radius 1 is 1.41 bits per heavy atom. The summed E-state index contributed by atoms with van der Waals surface area (Å²) in [5, 5.41) is 12.4. The summed E-state index contributed by atoms with van der Waals surface area (Å²) in [4.78, 5) is 19.0. The van der Waals surface area contributed by atoms with Crippen molar-refractivity contribution in [1.29, 1.82) is 0 Å². The monoisotopic (exact) mass is 330 g/mol. The zero-order valence-electron chi connectivity index (χ0n) is 11.9. The van der Waals surface area contributed by atoms with Gasteiger partial charge in [-0.25, -0.2) is 4.98 Å². The number of amides is 1. The maximum atomic E-state index is 12.2. The third-order valence-electron chi connectivity index (χ3n) is 3.56. The highest BCUT2D eigenvalue weighted by molar-refractivity contribution is 7.17. The van der Waals surface area contributed by atoms with E-state index >= 15 is 0 Å². The SMILES string of the molecule is Cc1ccc(-c2csc(NC(=O)c3cc(C4CC4)[nH]n3)n2)s1. The van der Waals surface area contributed by atoms with Gasteiger partial charge in [0.05, 0.1) is 10.6 Å². The van der Waals surface area contributed by atoms with Gasteiger partial charge in [-0.05, 0) is 38.0 Å². The molecule has 0 radical (unpaired) electrons. The molecule has 7 heteroatoms. The van der Waals surface area contributed by atoms with Crippen molar-refractivity contribution < 1.29 is 4.79 Å². The van der Waals surface area contributed by atoms with Crippen molar-refractivity contribution in [3.05, 3.63) is 39.8 Å². The number of anilines is 1. The third-order valence-corrected chi connectivity index (χ3v) is 5.35. The van der Waals surface area contributed by atoms with E-state index < -0.39 is 0 Å². The highest BCUT2D eigenvalue weighted by Crippen LogP contribution is 2.39. The summed E-state index contributed by atoms with van der Waals surface area (Å²) in [5.41, 5.74) is 2.38. The first-order chi connectivity index (χ1) is 10.7. The Hall–Kier alpha value is -1.99. The quantitative estimate of drug-likeness (QED) is 0.758. The Bertz CT molecular complexity index is 828. The lowest BCUT2D eigenvalue weighted by Crippen LogP contribution is -2.12. The van der Waals surface area contributed by atoms with E-state index in [1.54, 1.807) is 11.3 Å². The Balaban J connectivity index is 1.48. The summed E-state index contributed by atoms with van der Waals surface area (Å²) >= 11 is 3.12. The topological polar surface area (TPSA) is 70.7 Å². The average Bonchev–Trinajstić information content (AvgIpc) is 2.94. The molecule has 3 heterocycles. The van der Waals surface area contributed by atoms with Gasteiger partial charge in [-0.15, -0.1) is 22.7 Å². The normalized spacial score (nSPS) is 14.2. The number of rotatable bonds is 4. The van der Waals surface area contributed by atoms with Gasteiger partial charge in [0.15, 0.2) is 10.8 Å². The minimum absolute atomic E-state index is 0.216. The first kappa shape index (κ1) is 13.7. The molecule has 4 rings (SSSR count). The molecule has 112 valence electrons. The lowest BCUT2D eigenvalue weighted by atomic mass is 10.2. The fraction of sp³-hybridized carbons (Fsp3) is 0.267. The highest BCUT2D eigenvalue weighted by atomic mass is 32.1. The molecule has 1 amide bonds. The number of hydrogen-bond donors (Lipinski definition) is 2. The van der Waals surface area contributed by atoms with Crippen molar-refractivity contribution in [3.63, 3.8) is 0 Å². The van der Waals surface area contributed by atoms with Crippen LogP contribution in [0, 0.1) is 6.92 Å². The van der Waals surface area contributed by atoms with E-state index in [4.69, 9.17) is 0 Å². The second-order valence-corrected chi connectivity index (χ2v) is 7.53. The Morgan fingerprint density at radius 2 is 2.27 bits per heavy atom. The molecule has 5 nitrogen and oxygen atoms in total. The number of aromatic nitrogens is 3. The maximum Gasteiger partial charge on any atom is 0.277 e. The van der Waals surface area contributed by atoms with Crippen LogP contribution in [0.1, 0.15) is 39.8 Å². The number of thiazole rings is 1. The first-order valence-electron chi connectivity index (χ1n) is 7.08. The van der Waals surface area contributed by atoms with E-state index in [2.05, 4.69) is 39.6 Å². The molecule has 0 aliphatic heterocycles. The van der Waals surface area contributed by atoms with Gasteiger partial charge in [0.25, 0.3) is 5.91 Å². The van der Waals surface area contributed by atoms with Gasteiger partial charge in [-0.1, -0.05) is 0 Å². The molecule has 1 aliphatic carbocycles. The number of carbonyl (C=O) groups is 1. The van der Waals surface area contributed by atoms with Crippen molar-refractivity contribution in [1.82, 2.24) is 15.2 Å². The number of thiophene rings is 1. The molecule has 0 aromatic carbocycles. The predicted octanol–water partition coefficient (Wildman–Crippen LogP) is 4.03. The van der Waals surface area contributed by atoms with E-state index in [1.807, 2.05) is 11.4 Å².